The summed E-state index contributed by atoms with van der Waals surface area (Å²) >= 11 is 0. The molecule has 2 nitrogen and oxygen atoms in total. The van der Waals surface area contributed by atoms with Gasteiger partial charge in [-0.15, -0.1) is 49.4 Å². The van der Waals surface area contributed by atoms with E-state index in [-0.39, 0.29) is 31.2 Å². The van der Waals surface area contributed by atoms with Gasteiger partial charge in [-0.05, 0) is 5.56 Å². The summed E-state index contributed by atoms with van der Waals surface area (Å²) in [5.41, 5.74) is 1.25. The van der Waals surface area contributed by atoms with Crippen molar-refractivity contribution in [2.24, 2.45) is 0 Å². The van der Waals surface area contributed by atoms with Gasteiger partial charge in [0.2, 0.25) is 0 Å². The Hall–Kier alpha value is -2.94. The molecule has 2 heteroatoms. The zero-order valence-corrected chi connectivity index (χ0v) is 11.0. The van der Waals surface area contributed by atoms with E-state index < -0.39 is 11.5 Å². The Morgan fingerprint density at radius 2 is 0.850 bits per heavy atom. The lowest BCUT2D eigenvalue weighted by atomic mass is 9.89. The molecule has 1 rings (SSSR count). The molecule has 0 fully saturated rings. The lowest BCUT2D eigenvalue weighted by Gasteiger charge is -2.15. The molecule has 96 valence electrons. The largest absolute Gasteiger partial charge is 0.289 e. The summed E-state index contributed by atoms with van der Waals surface area (Å²) in [4.78, 5) is 0. The topological polar surface area (TPSA) is 39.8 Å². The molecule has 1 aromatic rings. The van der Waals surface area contributed by atoms with E-state index in [2.05, 4.69) is 23.7 Å². The van der Waals surface area contributed by atoms with Crippen LogP contribution in [0.25, 0.3) is 0 Å². The van der Waals surface area contributed by atoms with Gasteiger partial charge in [-0.1, -0.05) is 0 Å². The van der Waals surface area contributed by atoms with E-state index >= 15 is 0 Å². The van der Waals surface area contributed by atoms with Crippen LogP contribution in [0.4, 0.5) is 0 Å². The molecule has 0 unspecified atom stereocenters. The fourth-order valence-electron chi connectivity index (χ4n) is 2.08. The SMILES string of the molecule is C#CCc1c([O])c(CC#C)c(CC#C)c(CC#C)c1[O]. The number of hydrogen-bond donors (Lipinski definition) is 0. The molecule has 0 amide bonds. The zero-order chi connectivity index (χ0) is 15.1. The van der Waals surface area contributed by atoms with Crippen molar-refractivity contribution >= 4 is 0 Å². The zero-order valence-electron chi connectivity index (χ0n) is 11.0. The summed E-state index contributed by atoms with van der Waals surface area (Å²) < 4.78 is 0. The van der Waals surface area contributed by atoms with Crippen LogP contribution in [0.2, 0.25) is 0 Å². The van der Waals surface area contributed by atoms with E-state index in [0.717, 1.165) is 0 Å². The third-order valence-corrected chi connectivity index (χ3v) is 2.94. The van der Waals surface area contributed by atoms with E-state index in [1.165, 1.54) is 0 Å². The normalized spacial score (nSPS) is 9.00. The molecule has 0 atom stereocenters. The lowest BCUT2D eigenvalue weighted by molar-refractivity contribution is 0.320. The molecule has 0 aliphatic carbocycles. The van der Waals surface area contributed by atoms with Crippen LogP contribution in [0.5, 0.6) is 11.5 Å². The maximum Gasteiger partial charge on any atom is 0.191 e. The predicted octanol–water partition coefficient (Wildman–Crippen LogP) is 2.68. The Morgan fingerprint density at radius 3 is 1.20 bits per heavy atom. The molecule has 2 radical (unpaired) electrons. The highest BCUT2D eigenvalue weighted by Crippen LogP contribution is 2.39. The molecular weight excluding hydrogens is 248 g/mol. The molecule has 0 N–H and O–H groups in total. The van der Waals surface area contributed by atoms with Gasteiger partial charge in [0.05, 0.1) is 5.56 Å². The van der Waals surface area contributed by atoms with Crippen LogP contribution in [-0.4, -0.2) is 0 Å². The summed E-state index contributed by atoms with van der Waals surface area (Å²) in [6, 6.07) is 0. The second-order valence-electron chi connectivity index (χ2n) is 4.10. The van der Waals surface area contributed by atoms with Crippen molar-refractivity contribution < 1.29 is 10.2 Å². The minimum atomic E-state index is -0.406. The molecule has 0 aliphatic rings. The summed E-state index contributed by atoms with van der Waals surface area (Å²) in [5, 5.41) is 24.6. The van der Waals surface area contributed by atoms with E-state index in [1.807, 2.05) is 0 Å². The fraction of sp³-hybridized carbons (Fsp3) is 0.222. The number of benzene rings is 1. The van der Waals surface area contributed by atoms with Crippen LogP contribution in [0.3, 0.4) is 0 Å². The smallest absolute Gasteiger partial charge is 0.191 e. The molecule has 0 heterocycles. The van der Waals surface area contributed by atoms with Crippen LogP contribution in [0.15, 0.2) is 0 Å². The van der Waals surface area contributed by atoms with E-state index in [4.69, 9.17) is 25.7 Å². The summed E-state index contributed by atoms with van der Waals surface area (Å²) in [6.45, 7) is 0. The molecule has 20 heavy (non-hydrogen) atoms. The third-order valence-electron chi connectivity index (χ3n) is 2.94. The first-order valence-electron chi connectivity index (χ1n) is 5.89. The van der Waals surface area contributed by atoms with Gasteiger partial charge < -0.3 is 0 Å². The first kappa shape index (κ1) is 15.1. The van der Waals surface area contributed by atoms with E-state index in [9.17, 15) is 10.2 Å². The second kappa shape index (κ2) is 6.85. The summed E-state index contributed by atoms with van der Waals surface area (Å²) in [5.74, 6) is 8.75. The Kier molecular flexibility index (Phi) is 5.18. The summed E-state index contributed by atoms with van der Waals surface area (Å²) in [7, 11) is 0. The van der Waals surface area contributed by atoms with Gasteiger partial charge in [0.1, 0.15) is 0 Å². The monoisotopic (exact) mass is 260 g/mol. The van der Waals surface area contributed by atoms with Crippen molar-refractivity contribution in [3.8, 4) is 60.9 Å². The van der Waals surface area contributed by atoms with Crippen LogP contribution in [-0.2, 0) is 35.9 Å². The van der Waals surface area contributed by atoms with Gasteiger partial charge in [-0.25, -0.2) is 0 Å². The Labute approximate surface area is 119 Å². The molecule has 0 aromatic heterocycles. The van der Waals surface area contributed by atoms with Gasteiger partial charge >= 0.3 is 0 Å². The maximum absolute atomic E-state index is 12.3. The highest BCUT2D eigenvalue weighted by molar-refractivity contribution is 5.61. The molecule has 0 spiro atoms. The van der Waals surface area contributed by atoms with Crippen molar-refractivity contribution in [1.29, 1.82) is 0 Å². The van der Waals surface area contributed by atoms with Crippen LogP contribution in [0.1, 0.15) is 22.3 Å². The Bertz CT molecular complexity index is 640. The van der Waals surface area contributed by atoms with E-state index in [0.29, 0.717) is 16.7 Å². The number of rotatable bonds is 4. The standard InChI is InChI=1S/C18H12O2/c1-5-9-13-14(10-6-2)17(19)16(12-8-4)18(20)15(13)11-7-3/h1-4H,9-12H2. The van der Waals surface area contributed by atoms with Gasteiger partial charge in [-0.3, -0.25) is 10.2 Å². The summed E-state index contributed by atoms with van der Waals surface area (Å²) in [6.07, 6.45) is 21.4. The van der Waals surface area contributed by atoms with Crippen LogP contribution in [0, 0.1) is 49.4 Å². The maximum atomic E-state index is 12.3. The van der Waals surface area contributed by atoms with Gasteiger partial charge in [-0.2, -0.15) is 0 Å². The van der Waals surface area contributed by atoms with Crippen molar-refractivity contribution in [3.05, 3.63) is 22.3 Å². The minimum absolute atomic E-state index is 0.0385. The average molecular weight is 260 g/mol. The first-order chi connectivity index (χ1) is 9.62. The quantitative estimate of drug-likeness (QED) is 0.747. The molecule has 0 bridgehead atoms. The van der Waals surface area contributed by atoms with Gasteiger partial charge in [0.25, 0.3) is 0 Å². The Balaban J connectivity index is 3.73. The van der Waals surface area contributed by atoms with Crippen LogP contribution >= 0.6 is 0 Å². The van der Waals surface area contributed by atoms with Crippen molar-refractivity contribution in [2.45, 2.75) is 25.7 Å². The molecule has 0 aliphatic heterocycles. The second-order valence-corrected chi connectivity index (χ2v) is 4.10. The number of hydrogen-bond acceptors (Lipinski definition) is 0. The van der Waals surface area contributed by atoms with Crippen molar-refractivity contribution in [2.75, 3.05) is 0 Å². The third kappa shape index (κ3) is 2.72. The van der Waals surface area contributed by atoms with Crippen LogP contribution < -0.4 is 0 Å². The van der Waals surface area contributed by atoms with Crippen molar-refractivity contribution in [3.63, 3.8) is 0 Å². The average Bonchev–Trinajstić information content (AvgIpc) is 2.43. The lowest BCUT2D eigenvalue weighted by Crippen LogP contribution is -2.03. The Morgan fingerprint density at radius 1 is 0.550 bits per heavy atom. The predicted molar refractivity (Wildman–Crippen MR) is 76.9 cm³/mol. The molecular formula is C18H12O2. The van der Waals surface area contributed by atoms with Gasteiger partial charge in [0, 0.05) is 36.8 Å². The highest BCUT2D eigenvalue weighted by Gasteiger charge is 2.24. The molecule has 0 saturated heterocycles. The number of terminal acetylenes is 4. The minimum Gasteiger partial charge on any atom is -0.289 e. The molecule has 0 saturated carbocycles. The first-order valence-corrected chi connectivity index (χ1v) is 5.89. The fourth-order valence-corrected chi connectivity index (χ4v) is 2.08. The van der Waals surface area contributed by atoms with Gasteiger partial charge in [0.15, 0.2) is 11.5 Å². The van der Waals surface area contributed by atoms with E-state index in [1.54, 1.807) is 0 Å². The molecule has 1 aromatic carbocycles. The van der Waals surface area contributed by atoms with Crippen molar-refractivity contribution in [1.82, 2.24) is 0 Å². The highest BCUT2D eigenvalue weighted by atomic mass is 16.3.